The molecule has 5 atom stereocenters. The molecule has 0 spiro atoms. The third-order valence-corrected chi connectivity index (χ3v) is 6.80. The van der Waals surface area contributed by atoms with Crippen molar-refractivity contribution in [3.8, 4) is 0 Å². The van der Waals surface area contributed by atoms with E-state index in [1.165, 1.54) is 24.3 Å². The minimum absolute atomic E-state index is 0.0195. The maximum Gasteiger partial charge on any atom is 0.326 e. The molecule has 1 aromatic heterocycles. The molecule has 1 aromatic rings. The summed E-state index contributed by atoms with van der Waals surface area (Å²) in [5.41, 5.74) is 11.1. The van der Waals surface area contributed by atoms with Crippen molar-refractivity contribution in [1.29, 1.82) is 0 Å². The Morgan fingerprint density at radius 2 is 1.33 bits per heavy atom. The Balaban J connectivity index is 3.19. The molecule has 0 aliphatic rings. The molecule has 0 aliphatic carbocycles. The fourth-order valence-corrected chi connectivity index (χ4v) is 4.26. The van der Waals surface area contributed by atoms with E-state index in [0.717, 1.165) is 0 Å². The molecule has 0 saturated carbocycles. The van der Waals surface area contributed by atoms with Crippen LogP contribution in [0, 0.1) is 0 Å². The van der Waals surface area contributed by atoms with Gasteiger partial charge in [0.25, 0.3) is 0 Å². The molecule has 20 heteroatoms. The van der Waals surface area contributed by atoms with Gasteiger partial charge in [0.2, 0.25) is 29.5 Å². The first-order valence-electron chi connectivity index (χ1n) is 13.5. The van der Waals surface area contributed by atoms with Crippen molar-refractivity contribution < 1.29 is 53.7 Å². The van der Waals surface area contributed by atoms with Crippen LogP contribution in [-0.2, 0) is 44.8 Å². The third-order valence-electron chi connectivity index (χ3n) is 6.16. The maximum atomic E-state index is 13.3. The van der Waals surface area contributed by atoms with Gasteiger partial charge in [-0.05, 0) is 31.3 Å². The van der Waals surface area contributed by atoms with Gasteiger partial charge in [0.1, 0.15) is 24.2 Å². The molecule has 0 fully saturated rings. The third kappa shape index (κ3) is 15.0. The van der Waals surface area contributed by atoms with Gasteiger partial charge >= 0.3 is 17.9 Å². The Kier molecular flexibility index (Phi) is 16.6. The van der Waals surface area contributed by atoms with Crippen LogP contribution in [0.3, 0.4) is 0 Å². The lowest BCUT2D eigenvalue weighted by atomic mass is 10.1. The van der Waals surface area contributed by atoms with Gasteiger partial charge in [0.05, 0.1) is 18.8 Å². The number of nitrogens with two attached hydrogens (primary N) is 2. The highest BCUT2D eigenvalue weighted by Crippen LogP contribution is 2.08. The van der Waals surface area contributed by atoms with Crippen molar-refractivity contribution in [1.82, 2.24) is 31.2 Å². The predicted molar refractivity (Wildman–Crippen MR) is 156 cm³/mol. The Hall–Kier alpha value is -4.72. The number of thioether (sulfide) groups is 1. The fourth-order valence-electron chi connectivity index (χ4n) is 3.79. The second-order valence-corrected chi connectivity index (χ2v) is 10.8. The first-order valence-corrected chi connectivity index (χ1v) is 14.9. The Morgan fingerprint density at radius 3 is 1.82 bits per heavy atom. The quantitative estimate of drug-likeness (QED) is 0.0582. The average Bonchev–Trinajstić information content (AvgIpc) is 3.47. The summed E-state index contributed by atoms with van der Waals surface area (Å²) < 4.78 is 0. The standard InChI is InChI=1S/C25H38N8O11S/c1-45-7-6-15(31-24(42)17(8-12-10-28-11-29-12)33-21(39)13(26)9-20(37)38)23(41)30-14(3-5-19(35)36)22(40)32-16(25(43)44)2-4-18(27)34/h10-11,13-17H,2-9,26H2,1H3,(H2,27,34)(H,28,29)(H,30,41)(H,31,42)(H,32,40)(H,33,39)(H,35,36)(H,37,38)(H,43,44)/t13-,14-,15-,16-,17-/m0/s1. The van der Waals surface area contributed by atoms with E-state index < -0.39 is 96.9 Å². The highest BCUT2D eigenvalue weighted by Gasteiger charge is 2.32. The van der Waals surface area contributed by atoms with Crippen molar-refractivity contribution in [2.75, 3.05) is 12.0 Å². The van der Waals surface area contributed by atoms with Gasteiger partial charge in [0.15, 0.2) is 0 Å². The minimum Gasteiger partial charge on any atom is -0.481 e. The fraction of sp³-hybridized carbons (Fsp3) is 0.560. The number of carbonyl (C=O) groups is 8. The summed E-state index contributed by atoms with van der Waals surface area (Å²) in [6.45, 7) is 0. The van der Waals surface area contributed by atoms with Gasteiger partial charge in [0, 0.05) is 31.2 Å². The lowest BCUT2D eigenvalue weighted by Crippen LogP contribution is -2.59. The number of nitrogens with one attached hydrogen (secondary N) is 5. The van der Waals surface area contributed by atoms with Crippen molar-refractivity contribution in [3.05, 3.63) is 18.2 Å². The largest absolute Gasteiger partial charge is 0.481 e. The number of primary amides is 1. The number of rotatable bonds is 22. The van der Waals surface area contributed by atoms with E-state index in [4.69, 9.17) is 21.7 Å². The van der Waals surface area contributed by atoms with E-state index in [0.29, 0.717) is 11.4 Å². The Morgan fingerprint density at radius 1 is 0.800 bits per heavy atom. The molecule has 0 aromatic carbocycles. The average molecular weight is 659 g/mol. The molecule has 1 rings (SSSR count). The first kappa shape index (κ1) is 38.3. The molecule has 1 heterocycles. The van der Waals surface area contributed by atoms with Crippen LogP contribution in [-0.4, -0.2) is 115 Å². The van der Waals surface area contributed by atoms with Crippen LogP contribution in [0.5, 0.6) is 0 Å². The minimum atomic E-state index is -1.57. The summed E-state index contributed by atoms with van der Waals surface area (Å²) >= 11 is 1.32. The van der Waals surface area contributed by atoms with Crippen LogP contribution in [0.4, 0.5) is 0 Å². The zero-order valence-corrected chi connectivity index (χ0v) is 25.1. The van der Waals surface area contributed by atoms with E-state index in [-0.39, 0.29) is 25.7 Å². The Bertz CT molecular complexity index is 1210. The number of imidazole rings is 1. The van der Waals surface area contributed by atoms with E-state index in [1.54, 1.807) is 6.26 Å². The van der Waals surface area contributed by atoms with E-state index >= 15 is 0 Å². The Labute approximate surface area is 261 Å². The predicted octanol–water partition coefficient (Wildman–Crippen LogP) is -3.34. The van der Waals surface area contributed by atoms with Crippen molar-refractivity contribution in [2.45, 2.75) is 75.2 Å². The van der Waals surface area contributed by atoms with E-state index in [1.807, 2.05) is 0 Å². The summed E-state index contributed by atoms with van der Waals surface area (Å²) in [5, 5.41) is 36.8. The van der Waals surface area contributed by atoms with Crippen LogP contribution in [0.1, 0.15) is 44.2 Å². The number of aromatic amines is 1. The lowest BCUT2D eigenvalue weighted by molar-refractivity contribution is -0.143. The molecule has 0 unspecified atom stereocenters. The molecule has 12 N–H and O–H groups in total. The number of aliphatic carboxylic acids is 3. The highest BCUT2D eigenvalue weighted by atomic mass is 32.2. The summed E-state index contributed by atoms with van der Waals surface area (Å²) in [6.07, 6.45) is 1.81. The second-order valence-electron chi connectivity index (χ2n) is 9.79. The number of carboxylic acid groups (broad SMARTS) is 3. The normalized spacial score (nSPS) is 14.1. The smallest absolute Gasteiger partial charge is 0.326 e. The van der Waals surface area contributed by atoms with Crippen molar-refractivity contribution >= 4 is 59.2 Å². The second kappa shape index (κ2) is 19.5. The molecule has 19 nitrogen and oxygen atoms in total. The number of hydrogen-bond donors (Lipinski definition) is 10. The number of hydrogen-bond acceptors (Lipinski definition) is 11. The van der Waals surface area contributed by atoms with Crippen LogP contribution < -0.4 is 32.7 Å². The number of aromatic nitrogens is 2. The van der Waals surface area contributed by atoms with Crippen molar-refractivity contribution in [3.63, 3.8) is 0 Å². The zero-order valence-electron chi connectivity index (χ0n) is 24.3. The number of amides is 5. The van der Waals surface area contributed by atoms with Gasteiger partial charge in [-0.15, -0.1) is 0 Å². The summed E-state index contributed by atoms with van der Waals surface area (Å²) in [6, 6.07) is -7.27. The van der Waals surface area contributed by atoms with E-state index in [9.17, 15) is 43.5 Å². The number of H-pyrrole nitrogens is 1. The number of nitrogens with zero attached hydrogens (tertiary/aromatic N) is 1. The van der Waals surface area contributed by atoms with Crippen molar-refractivity contribution in [2.24, 2.45) is 11.5 Å². The van der Waals surface area contributed by atoms with Gasteiger partial charge in [-0.3, -0.25) is 33.6 Å². The molecule has 0 aliphatic heterocycles. The topological polar surface area (TPSA) is 326 Å². The van der Waals surface area contributed by atoms with Crippen LogP contribution >= 0.6 is 11.8 Å². The van der Waals surface area contributed by atoms with Gasteiger partial charge in [-0.25, -0.2) is 9.78 Å². The summed E-state index contributed by atoms with van der Waals surface area (Å²) in [5.74, 6) is -8.41. The SMILES string of the molecule is CSCC[C@H](NC(=O)[C@H](Cc1cnc[nH]1)NC(=O)[C@@H](N)CC(=O)O)C(=O)N[C@@H](CCC(=O)O)C(=O)N[C@@H](CCC(N)=O)C(=O)O. The lowest BCUT2D eigenvalue weighted by Gasteiger charge is -2.26. The molecule has 0 radical (unpaired) electrons. The first-order chi connectivity index (χ1) is 21.1. The monoisotopic (exact) mass is 658 g/mol. The molecular formula is C25H38N8O11S. The van der Waals surface area contributed by atoms with Crippen LogP contribution in [0.15, 0.2) is 12.5 Å². The van der Waals surface area contributed by atoms with Crippen LogP contribution in [0.25, 0.3) is 0 Å². The van der Waals surface area contributed by atoms with Gasteiger partial charge < -0.3 is 53.0 Å². The molecular weight excluding hydrogens is 620 g/mol. The van der Waals surface area contributed by atoms with Crippen LogP contribution in [0.2, 0.25) is 0 Å². The van der Waals surface area contributed by atoms with E-state index in [2.05, 4.69) is 31.2 Å². The zero-order chi connectivity index (χ0) is 34.1. The molecule has 0 bridgehead atoms. The highest BCUT2D eigenvalue weighted by molar-refractivity contribution is 7.98. The number of carboxylic acids is 3. The maximum absolute atomic E-state index is 13.3. The summed E-state index contributed by atoms with van der Waals surface area (Å²) in [7, 11) is 0. The molecule has 250 valence electrons. The number of carbonyl (C=O) groups excluding carboxylic acids is 5. The summed E-state index contributed by atoms with van der Waals surface area (Å²) in [4.78, 5) is 104. The van der Waals surface area contributed by atoms with Gasteiger partial charge in [-0.1, -0.05) is 0 Å². The molecule has 45 heavy (non-hydrogen) atoms. The van der Waals surface area contributed by atoms with Gasteiger partial charge in [-0.2, -0.15) is 11.8 Å². The molecule has 0 saturated heterocycles. The molecule has 5 amide bonds.